The summed E-state index contributed by atoms with van der Waals surface area (Å²) < 4.78 is 26.2. The van der Waals surface area contributed by atoms with Gasteiger partial charge in [0.2, 0.25) is 0 Å². The molecule has 1 aromatic rings. The predicted molar refractivity (Wildman–Crippen MR) is 61.7 cm³/mol. The summed E-state index contributed by atoms with van der Waals surface area (Å²) in [6.45, 7) is 2.62. The maximum absolute atomic E-state index is 13.1. The quantitative estimate of drug-likeness (QED) is 0.852. The third kappa shape index (κ3) is 2.75. The van der Waals surface area contributed by atoms with Gasteiger partial charge in [0.05, 0.1) is 0 Å². The normalized spacial score (nSPS) is 24.2. The van der Waals surface area contributed by atoms with Gasteiger partial charge in [0.15, 0.2) is 17.4 Å². The number of phenolic OH excluding ortho intramolecular Hbond substituents is 1. The van der Waals surface area contributed by atoms with E-state index in [0.29, 0.717) is 24.1 Å². The monoisotopic (exact) mass is 241 g/mol. The van der Waals surface area contributed by atoms with Gasteiger partial charge in [-0.25, -0.2) is 8.78 Å². The molecule has 17 heavy (non-hydrogen) atoms. The lowest BCUT2D eigenvalue weighted by atomic mass is 10.1. The Labute approximate surface area is 99.7 Å². The first-order chi connectivity index (χ1) is 8.08. The van der Waals surface area contributed by atoms with E-state index in [2.05, 4.69) is 12.2 Å². The second-order valence-electron chi connectivity index (χ2n) is 4.80. The average molecular weight is 241 g/mol. The number of rotatable bonds is 3. The SMILES string of the molecule is CC1CCCC1NCc1cc(F)c(O)c(F)c1. The molecule has 1 fully saturated rings. The minimum atomic E-state index is -0.902. The van der Waals surface area contributed by atoms with E-state index in [0.717, 1.165) is 6.42 Å². The van der Waals surface area contributed by atoms with Crippen molar-refractivity contribution in [1.82, 2.24) is 5.32 Å². The van der Waals surface area contributed by atoms with Gasteiger partial charge >= 0.3 is 0 Å². The molecular weight excluding hydrogens is 224 g/mol. The second-order valence-corrected chi connectivity index (χ2v) is 4.80. The molecule has 2 unspecified atom stereocenters. The molecule has 1 aliphatic rings. The van der Waals surface area contributed by atoms with Gasteiger partial charge in [-0.05, 0) is 36.5 Å². The van der Waals surface area contributed by atoms with Crippen LogP contribution in [0.5, 0.6) is 5.75 Å². The zero-order valence-corrected chi connectivity index (χ0v) is 9.84. The van der Waals surface area contributed by atoms with E-state index in [1.165, 1.54) is 25.0 Å². The van der Waals surface area contributed by atoms with E-state index in [4.69, 9.17) is 5.11 Å². The van der Waals surface area contributed by atoms with Crippen molar-refractivity contribution in [2.24, 2.45) is 5.92 Å². The highest BCUT2D eigenvalue weighted by Crippen LogP contribution is 2.26. The van der Waals surface area contributed by atoms with Crippen molar-refractivity contribution in [1.29, 1.82) is 0 Å². The zero-order valence-electron chi connectivity index (χ0n) is 9.84. The van der Waals surface area contributed by atoms with Gasteiger partial charge in [0.1, 0.15) is 0 Å². The molecule has 0 amide bonds. The van der Waals surface area contributed by atoms with Crippen LogP contribution in [0.2, 0.25) is 0 Å². The molecule has 0 radical (unpaired) electrons. The summed E-state index contributed by atoms with van der Waals surface area (Å²) >= 11 is 0. The molecule has 0 aliphatic heterocycles. The molecule has 2 nitrogen and oxygen atoms in total. The number of benzene rings is 1. The lowest BCUT2D eigenvalue weighted by Gasteiger charge is -2.17. The maximum Gasteiger partial charge on any atom is 0.187 e. The van der Waals surface area contributed by atoms with Crippen LogP contribution in [0.4, 0.5) is 8.78 Å². The Morgan fingerprint density at radius 1 is 1.29 bits per heavy atom. The van der Waals surface area contributed by atoms with Crippen LogP contribution in [0.3, 0.4) is 0 Å². The van der Waals surface area contributed by atoms with E-state index in [-0.39, 0.29) is 0 Å². The minimum Gasteiger partial charge on any atom is -0.503 e. The largest absolute Gasteiger partial charge is 0.503 e. The molecular formula is C13H17F2NO. The number of hydrogen-bond acceptors (Lipinski definition) is 2. The smallest absolute Gasteiger partial charge is 0.187 e. The molecule has 1 aliphatic carbocycles. The third-order valence-electron chi connectivity index (χ3n) is 3.51. The van der Waals surface area contributed by atoms with Crippen LogP contribution in [0, 0.1) is 17.6 Å². The Morgan fingerprint density at radius 3 is 2.47 bits per heavy atom. The Morgan fingerprint density at radius 2 is 1.94 bits per heavy atom. The Hall–Kier alpha value is -1.16. The lowest BCUT2D eigenvalue weighted by molar-refractivity contribution is 0.392. The van der Waals surface area contributed by atoms with Gasteiger partial charge in [-0.2, -0.15) is 0 Å². The summed E-state index contributed by atoms with van der Waals surface area (Å²) in [5.41, 5.74) is 0.525. The minimum absolute atomic E-state index is 0.426. The van der Waals surface area contributed by atoms with Gasteiger partial charge < -0.3 is 10.4 Å². The first-order valence-corrected chi connectivity index (χ1v) is 5.98. The van der Waals surface area contributed by atoms with Crippen molar-refractivity contribution >= 4 is 0 Å². The van der Waals surface area contributed by atoms with Crippen LogP contribution in [-0.2, 0) is 6.54 Å². The topological polar surface area (TPSA) is 32.3 Å². The van der Waals surface area contributed by atoms with Crippen LogP contribution in [0.15, 0.2) is 12.1 Å². The van der Waals surface area contributed by atoms with E-state index in [1.54, 1.807) is 0 Å². The highest BCUT2D eigenvalue weighted by Gasteiger charge is 2.22. The van der Waals surface area contributed by atoms with Crippen LogP contribution in [0.1, 0.15) is 31.7 Å². The van der Waals surface area contributed by atoms with Crippen molar-refractivity contribution in [2.75, 3.05) is 0 Å². The van der Waals surface area contributed by atoms with Gasteiger partial charge in [0.25, 0.3) is 0 Å². The molecule has 0 heterocycles. The molecule has 4 heteroatoms. The average Bonchev–Trinajstić information content (AvgIpc) is 2.69. The lowest BCUT2D eigenvalue weighted by Crippen LogP contribution is -2.30. The van der Waals surface area contributed by atoms with Crippen molar-refractivity contribution in [3.05, 3.63) is 29.3 Å². The fourth-order valence-electron chi connectivity index (χ4n) is 2.42. The van der Waals surface area contributed by atoms with Crippen molar-refractivity contribution < 1.29 is 13.9 Å². The number of aromatic hydroxyl groups is 1. The Bertz CT molecular complexity index is 385. The standard InChI is InChI=1S/C13H17F2NO/c1-8-3-2-4-12(8)16-7-9-5-10(14)13(17)11(15)6-9/h5-6,8,12,16-17H,2-4,7H2,1H3. The summed E-state index contributed by atoms with van der Waals surface area (Å²) in [5.74, 6) is -2.09. The van der Waals surface area contributed by atoms with Crippen molar-refractivity contribution in [3.63, 3.8) is 0 Å². The Kier molecular flexibility index (Phi) is 3.62. The van der Waals surface area contributed by atoms with Gasteiger partial charge in [0, 0.05) is 12.6 Å². The first kappa shape index (κ1) is 12.3. The molecule has 0 spiro atoms. The molecule has 0 bridgehead atoms. The zero-order chi connectivity index (χ0) is 12.4. The summed E-state index contributed by atoms with van der Waals surface area (Å²) in [4.78, 5) is 0. The van der Waals surface area contributed by atoms with Crippen LogP contribution in [-0.4, -0.2) is 11.1 Å². The van der Waals surface area contributed by atoms with Gasteiger partial charge in [-0.3, -0.25) is 0 Å². The van der Waals surface area contributed by atoms with E-state index in [9.17, 15) is 8.78 Å². The molecule has 1 saturated carbocycles. The van der Waals surface area contributed by atoms with Crippen LogP contribution in [0.25, 0.3) is 0 Å². The van der Waals surface area contributed by atoms with Gasteiger partial charge in [-0.15, -0.1) is 0 Å². The summed E-state index contributed by atoms with van der Waals surface area (Å²) in [5, 5.41) is 12.3. The van der Waals surface area contributed by atoms with Gasteiger partial charge in [-0.1, -0.05) is 13.3 Å². The highest BCUT2D eigenvalue weighted by atomic mass is 19.1. The Balaban J connectivity index is 1.99. The van der Waals surface area contributed by atoms with E-state index < -0.39 is 17.4 Å². The first-order valence-electron chi connectivity index (χ1n) is 5.98. The van der Waals surface area contributed by atoms with E-state index >= 15 is 0 Å². The van der Waals surface area contributed by atoms with Crippen molar-refractivity contribution in [2.45, 2.75) is 38.8 Å². The highest BCUT2D eigenvalue weighted by molar-refractivity contribution is 5.30. The fraction of sp³-hybridized carbons (Fsp3) is 0.538. The second kappa shape index (κ2) is 5.00. The molecule has 2 atom stereocenters. The van der Waals surface area contributed by atoms with Crippen molar-refractivity contribution in [3.8, 4) is 5.75 Å². The maximum atomic E-state index is 13.1. The van der Waals surface area contributed by atoms with E-state index in [1.807, 2.05) is 0 Å². The van der Waals surface area contributed by atoms with Crippen LogP contribution >= 0.6 is 0 Å². The molecule has 0 aromatic heterocycles. The summed E-state index contributed by atoms with van der Waals surface area (Å²) in [6.07, 6.45) is 3.53. The number of nitrogens with one attached hydrogen (secondary N) is 1. The number of halogens is 2. The fourth-order valence-corrected chi connectivity index (χ4v) is 2.42. The molecule has 0 saturated heterocycles. The number of phenols is 1. The molecule has 94 valence electrons. The summed E-state index contributed by atoms with van der Waals surface area (Å²) in [7, 11) is 0. The molecule has 2 N–H and O–H groups in total. The van der Waals surface area contributed by atoms with Crippen LogP contribution < -0.4 is 5.32 Å². The summed E-state index contributed by atoms with van der Waals surface area (Å²) in [6, 6.07) is 2.77. The molecule has 1 aromatic carbocycles. The predicted octanol–water partition coefficient (Wildman–Crippen LogP) is 2.95. The number of hydrogen-bond donors (Lipinski definition) is 2. The third-order valence-corrected chi connectivity index (χ3v) is 3.51. The molecule has 2 rings (SSSR count).